The molecule has 2 aromatic rings. The van der Waals surface area contributed by atoms with Gasteiger partial charge in [0.05, 0.1) is 5.25 Å². The highest BCUT2D eigenvalue weighted by molar-refractivity contribution is 8.00. The predicted molar refractivity (Wildman–Crippen MR) is 119 cm³/mol. The van der Waals surface area contributed by atoms with Crippen LogP contribution in [0.25, 0.3) is 0 Å². The number of anilines is 1. The molecule has 0 aliphatic carbocycles. The summed E-state index contributed by atoms with van der Waals surface area (Å²) < 4.78 is 0. The number of carbonyl (C=O) groups is 2. The van der Waals surface area contributed by atoms with Gasteiger partial charge < -0.3 is 16.0 Å². The number of benzene rings is 2. The van der Waals surface area contributed by atoms with Crippen molar-refractivity contribution in [3.63, 3.8) is 0 Å². The maximum absolute atomic E-state index is 12.9. The van der Waals surface area contributed by atoms with Gasteiger partial charge in [-0.05, 0) is 43.2 Å². The Morgan fingerprint density at radius 3 is 2.29 bits per heavy atom. The number of halogens is 1. The van der Waals surface area contributed by atoms with Gasteiger partial charge in [0, 0.05) is 37.1 Å². The average molecular weight is 422 g/mol. The minimum atomic E-state index is -0.209. The number of nitrogens with zero attached hydrogens (tertiary/aromatic N) is 1. The van der Waals surface area contributed by atoms with Crippen molar-refractivity contribution in [2.75, 3.05) is 25.0 Å². The first kappa shape index (κ1) is 24.0. The third-order valence-electron chi connectivity index (χ3n) is 4.06. The van der Waals surface area contributed by atoms with Crippen LogP contribution in [0.1, 0.15) is 19.4 Å². The van der Waals surface area contributed by atoms with E-state index in [1.807, 2.05) is 54.3 Å². The number of amides is 2. The molecule has 0 aliphatic rings. The Morgan fingerprint density at radius 1 is 1.07 bits per heavy atom. The molecule has 0 fully saturated rings. The van der Waals surface area contributed by atoms with Crippen LogP contribution in [0.4, 0.5) is 5.69 Å². The first-order valence-electron chi connectivity index (χ1n) is 9.06. The second-order valence-electron chi connectivity index (χ2n) is 6.32. The molecule has 0 aromatic heterocycles. The highest BCUT2D eigenvalue weighted by atomic mass is 35.5. The summed E-state index contributed by atoms with van der Waals surface area (Å²) in [6.45, 7) is 5.05. The molecule has 0 aliphatic heterocycles. The Bertz CT molecular complexity index is 741. The van der Waals surface area contributed by atoms with Gasteiger partial charge in [0.1, 0.15) is 0 Å². The molecule has 0 bridgehead atoms. The first-order valence-corrected chi connectivity index (χ1v) is 9.94. The fraction of sp³-hybridized carbons (Fsp3) is 0.333. The molecule has 1 unspecified atom stereocenters. The van der Waals surface area contributed by atoms with E-state index in [4.69, 9.17) is 5.73 Å². The van der Waals surface area contributed by atoms with Gasteiger partial charge in [0.2, 0.25) is 11.8 Å². The second kappa shape index (κ2) is 12.4. The van der Waals surface area contributed by atoms with Crippen molar-refractivity contribution >= 4 is 41.7 Å². The number of hydrogen-bond acceptors (Lipinski definition) is 4. The molecule has 0 saturated carbocycles. The van der Waals surface area contributed by atoms with Crippen LogP contribution in [0.3, 0.4) is 0 Å². The molecule has 0 spiro atoms. The summed E-state index contributed by atoms with van der Waals surface area (Å²) in [4.78, 5) is 26.8. The van der Waals surface area contributed by atoms with Gasteiger partial charge in [0.15, 0.2) is 0 Å². The van der Waals surface area contributed by atoms with Crippen LogP contribution in [0, 0.1) is 0 Å². The minimum Gasteiger partial charge on any atom is -0.340 e. The summed E-state index contributed by atoms with van der Waals surface area (Å²) in [7, 11) is 0. The summed E-state index contributed by atoms with van der Waals surface area (Å²) in [6, 6.07) is 17.7. The number of nitrogens with two attached hydrogens (primary N) is 1. The minimum absolute atomic E-state index is 0. The zero-order valence-electron chi connectivity index (χ0n) is 16.3. The lowest BCUT2D eigenvalue weighted by molar-refractivity contribution is -0.130. The van der Waals surface area contributed by atoms with Gasteiger partial charge in [-0.1, -0.05) is 30.3 Å². The molecular weight excluding hydrogens is 394 g/mol. The van der Waals surface area contributed by atoms with Crippen LogP contribution in [0.15, 0.2) is 59.5 Å². The molecule has 7 heteroatoms. The summed E-state index contributed by atoms with van der Waals surface area (Å²) in [6.07, 6.45) is 0.815. The van der Waals surface area contributed by atoms with Crippen molar-refractivity contribution in [1.29, 1.82) is 0 Å². The fourth-order valence-electron chi connectivity index (χ4n) is 2.73. The maximum Gasteiger partial charge on any atom is 0.235 e. The molecule has 3 N–H and O–H groups in total. The lowest BCUT2D eigenvalue weighted by Crippen LogP contribution is -2.41. The smallest absolute Gasteiger partial charge is 0.235 e. The van der Waals surface area contributed by atoms with Crippen molar-refractivity contribution < 1.29 is 9.59 Å². The van der Waals surface area contributed by atoms with Gasteiger partial charge in [-0.2, -0.15) is 0 Å². The predicted octanol–water partition coefficient (Wildman–Crippen LogP) is 3.58. The van der Waals surface area contributed by atoms with Gasteiger partial charge in [-0.3, -0.25) is 9.59 Å². The molecule has 1 atom stereocenters. The summed E-state index contributed by atoms with van der Waals surface area (Å²) in [5.74, 6) is -0.0119. The summed E-state index contributed by atoms with van der Waals surface area (Å²) >= 11 is 1.51. The first-order chi connectivity index (χ1) is 13.0. The third-order valence-corrected chi connectivity index (χ3v) is 5.16. The summed E-state index contributed by atoms with van der Waals surface area (Å²) in [5.41, 5.74) is 7.67. The van der Waals surface area contributed by atoms with E-state index in [1.54, 1.807) is 0 Å². The van der Waals surface area contributed by atoms with E-state index >= 15 is 0 Å². The fourth-order valence-corrected chi connectivity index (χ4v) is 3.68. The lowest BCUT2D eigenvalue weighted by atomic mass is 10.1. The van der Waals surface area contributed by atoms with Crippen molar-refractivity contribution in [3.8, 4) is 0 Å². The molecule has 0 saturated heterocycles. The van der Waals surface area contributed by atoms with E-state index in [2.05, 4.69) is 17.4 Å². The SMILES string of the molecule is CC(=O)Nc1ccc(SC(C)C(=O)N(CCN)CCc2ccccc2)cc1.Cl. The molecule has 28 heavy (non-hydrogen) atoms. The van der Waals surface area contributed by atoms with Gasteiger partial charge >= 0.3 is 0 Å². The van der Waals surface area contributed by atoms with E-state index in [-0.39, 0.29) is 29.5 Å². The van der Waals surface area contributed by atoms with Crippen molar-refractivity contribution in [2.45, 2.75) is 30.4 Å². The molecule has 2 rings (SSSR count). The Kier molecular flexibility index (Phi) is 10.7. The van der Waals surface area contributed by atoms with E-state index in [9.17, 15) is 9.59 Å². The molecule has 0 heterocycles. The van der Waals surface area contributed by atoms with Crippen LogP contribution in [-0.4, -0.2) is 41.6 Å². The molecule has 0 radical (unpaired) electrons. The number of carbonyl (C=O) groups excluding carboxylic acids is 2. The Labute approximate surface area is 177 Å². The van der Waals surface area contributed by atoms with Gasteiger partial charge in [-0.25, -0.2) is 0 Å². The van der Waals surface area contributed by atoms with Crippen LogP contribution in [-0.2, 0) is 16.0 Å². The lowest BCUT2D eigenvalue weighted by Gasteiger charge is -2.25. The summed E-state index contributed by atoms with van der Waals surface area (Å²) in [5, 5.41) is 2.53. The van der Waals surface area contributed by atoms with Gasteiger partial charge in [0.25, 0.3) is 0 Å². The maximum atomic E-state index is 12.9. The highest BCUT2D eigenvalue weighted by Crippen LogP contribution is 2.26. The highest BCUT2D eigenvalue weighted by Gasteiger charge is 2.21. The number of thioether (sulfide) groups is 1. The van der Waals surface area contributed by atoms with Crippen molar-refractivity contribution in [2.24, 2.45) is 5.73 Å². The van der Waals surface area contributed by atoms with E-state index in [1.165, 1.54) is 24.2 Å². The zero-order chi connectivity index (χ0) is 19.6. The molecule has 2 amide bonds. The molecular formula is C21H28ClN3O2S. The average Bonchev–Trinajstić information content (AvgIpc) is 2.66. The van der Waals surface area contributed by atoms with Crippen LogP contribution < -0.4 is 11.1 Å². The normalized spacial score (nSPS) is 11.2. The van der Waals surface area contributed by atoms with Crippen LogP contribution in [0.5, 0.6) is 0 Å². The topological polar surface area (TPSA) is 75.4 Å². The molecule has 2 aromatic carbocycles. The van der Waals surface area contributed by atoms with Gasteiger partial charge in [-0.15, -0.1) is 24.2 Å². The van der Waals surface area contributed by atoms with Crippen LogP contribution >= 0.6 is 24.2 Å². The van der Waals surface area contributed by atoms with Crippen LogP contribution in [0.2, 0.25) is 0 Å². The Balaban J connectivity index is 0.00000392. The monoisotopic (exact) mass is 421 g/mol. The quantitative estimate of drug-likeness (QED) is 0.607. The Hall–Kier alpha value is -2.02. The van der Waals surface area contributed by atoms with Crippen molar-refractivity contribution in [1.82, 2.24) is 4.90 Å². The largest absolute Gasteiger partial charge is 0.340 e. The number of rotatable bonds is 9. The second-order valence-corrected chi connectivity index (χ2v) is 7.73. The van der Waals surface area contributed by atoms with E-state index in [0.717, 1.165) is 17.0 Å². The third kappa shape index (κ3) is 7.92. The Morgan fingerprint density at radius 2 is 1.71 bits per heavy atom. The molecule has 5 nitrogen and oxygen atoms in total. The van der Waals surface area contributed by atoms with E-state index < -0.39 is 0 Å². The molecule has 152 valence electrons. The zero-order valence-corrected chi connectivity index (χ0v) is 17.9. The van der Waals surface area contributed by atoms with E-state index in [0.29, 0.717) is 19.6 Å². The number of hydrogen-bond donors (Lipinski definition) is 2. The van der Waals surface area contributed by atoms with Crippen molar-refractivity contribution in [3.05, 3.63) is 60.2 Å². The standard InChI is InChI=1S/C21H27N3O2S.ClH/c1-16(27-20-10-8-19(9-11-20)23-17(2)25)21(26)24(15-13-22)14-12-18-6-4-3-5-7-18;/h3-11,16H,12-15,22H2,1-2H3,(H,23,25);1H. The number of nitrogens with one attached hydrogen (secondary N) is 1.